The second kappa shape index (κ2) is 6.61. The standard InChI is InChI=1S/C14H23NO3/c1-4-8-14(2,10-16)15-9-11-6-5-7-12(18-3)13(11)17/h5-7,15-17H,4,8-10H2,1-3H3. The Morgan fingerprint density at radius 2 is 2.11 bits per heavy atom. The van der Waals surface area contributed by atoms with Crippen molar-refractivity contribution in [2.45, 2.75) is 38.8 Å². The number of phenolic OH excluding ortho intramolecular Hbond substituents is 1. The third kappa shape index (κ3) is 3.62. The summed E-state index contributed by atoms with van der Waals surface area (Å²) in [7, 11) is 1.53. The molecule has 102 valence electrons. The maximum Gasteiger partial charge on any atom is 0.162 e. The molecule has 0 aliphatic carbocycles. The lowest BCUT2D eigenvalue weighted by molar-refractivity contribution is 0.163. The van der Waals surface area contributed by atoms with Gasteiger partial charge in [-0.3, -0.25) is 0 Å². The average molecular weight is 253 g/mol. The average Bonchev–Trinajstić information content (AvgIpc) is 2.38. The van der Waals surface area contributed by atoms with E-state index in [9.17, 15) is 10.2 Å². The van der Waals surface area contributed by atoms with Gasteiger partial charge in [0.15, 0.2) is 11.5 Å². The first-order valence-electron chi connectivity index (χ1n) is 6.27. The molecule has 0 saturated heterocycles. The summed E-state index contributed by atoms with van der Waals surface area (Å²) in [4.78, 5) is 0. The second-order valence-electron chi connectivity index (χ2n) is 4.79. The molecule has 1 unspecified atom stereocenters. The van der Waals surface area contributed by atoms with Gasteiger partial charge in [0, 0.05) is 17.6 Å². The Kier molecular flexibility index (Phi) is 5.44. The van der Waals surface area contributed by atoms with Crippen LogP contribution in [-0.4, -0.2) is 29.5 Å². The maximum atomic E-state index is 9.96. The zero-order valence-electron chi connectivity index (χ0n) is 11.4. The van der Waals surface area contributed by atoms with Gasteiger partial charge in [-0.15, -0.1) is 0 Å². The van der Waals surface area contributed by atoms with Crippen LogP contribution >= 0.6 is 0 Å². The van der Waals surface area contributed by atoms with Crippen LogP contribution in [0.4, 0.5) is 0 Å². The molecule has 0 heterocycles. The van der Waals surface area contributed by atoms with E-state index in [1.165, 1.54) is 7.11 Å². The molecule has 0 radical (unpaired) electrons. The molecule has 3 N–H and O–H groups in total. The Hall–Kier alpha value is -1.26. The van der Waals surface area contributed by atoms with Gasteiger partial charge in [-0.05, 0) is 19.4 Å². The minimum atomic E-state index is -0.315. The molecular weight excluding hydrogens is 230 g/mol. The number of aliphatic hydroxyl groups is 1. The summed E-state index contributed by atoms with van der Waals surface area (Å²) in [6.45, 7) is 4.64. The lowest BCUT2D eigenvalue weighted by Gasteiger charge is -2.28. The minimum absolute atomic E-state index is 0.0750. The van der Waals surface area contributed by atoms with E-state index in [2.05, 4.69) is 12.2 Å². The zero-order valence-corrected chi connectivity index (χ0v) is 11.4. The topological polar surface area (TPSA) is 61.7 Å². The number of rotatable bonds is 7. The fourth-order valence-corrected chi connectivity index (χ4v) is 1.96. The van der Waals surface area contributed by atoms with Crippen molar-refractivity contribution in [3.63, 3.8) is 0 Å². The summed E-state index contributed by atoms with van der Waals surface area (Å²) in [5.41, 5.74) is 0.453. The molecule has 1 atom stereocenters. The summed E-state index contributed by atoms with van der Waals surface area (Å²) in [5, 5.41) is 22.7. The first kappa shape index (κ1) is 14.8. The highest BCUT2D eigenvalue weighted by Gasteiger charge is 2.21. The summed E-state index contributed by atoms with van der Waals surface area (Å²) < 4.78 is 5.06. The number of methoxy groups -OCH3 is 1. The third-order valence-corrected chi connectivity index (χ3v) is 3.16. The Bertz CT molecular complexity index is 381. The van der Waals surface area contributed by atoms with Crippen molar-refractivity contribution in [3.05, 3.63) is 23.8 Å². The first-order chi connectivity index (χ1) is 8.56. The van der Waals surface area contributed by atoms with Gasteiger partial charge in [0.05, 0.1) is 13.7 Å². The zero-order chi connectivity index (χ0) is 13.6. The van der Waals surface area contributed by atoms with Crippen LogP contribution < -0.4 is 10.1 Å². The minimum Gasteiger partial charge on any atom is -0.504 e. The van der Waals surface area contributed by atoms with Gasteiger partial charge in [0.1, 0.15) is 0 Å². The molecule has 0 aliphatic rings. The van der Waals surface area contributed by atoms with Crippen molar-refractivity contribution in [2.24, 2.45) is 0 Å². The van der Waals surface area contributed by atoms with E-state index in [1.807, 2.05) is 19.1 Å². The van der Waals surface area contributed by atoms with E-state index in [4.69, 9.17) is 4.74 Å². The number of aromatic hydroxyl groups is 1. The van der Waals surface area contributed by atoms with Crippen LogP contribution in [0.3, 0.4) is 0 Å². The number of hydrogen-bond acceptors (Lipinski definition) is 4. The van der Waals surface area contributed by atoms with Crippen molar-refractivity contribution < 1.29 is 14.9 Å². The van der Waals surface area contributed by atoms with Gasteiger partial charge in [-0.25, -0.2) is 0 Å². The van der Waals surface area contributed by atoms with Crippen molar-refractivity contribution in [1.82, 2.24) is 5.32 Å². The van der Waals surface area contributed by atoms with Crippen LogP contribution in [0.1, 0.15) is 32.3 Å². The van der Waals surface area contributed by atoms with E-state index < -0.39 is 0 Å². The van der Waals surface area contributed by atoms with Crippen molar-refractivity contribution in [3.8, 4) is 11.5 Å². The molecule has 0 aromatic heterocycles. The van der Waals surface area contributed by atoms with Crippen LogP contribution in [0.5, 0.6) is 11.5 Å². The van der Waals surface area contributed by atoms with Gasteiger partial charge < -0.3 is 20.3 Å². The lowest BCUT2D eigenvalue weighted by atomic mass is 9.97. The quantitative estimate of drug-likeness (QED) is 0.696. The molecule has 1 aromatic rings. The number of phenols is 1. The molecule has 0 bridgehead atoms. The van der Waals surface area contributed by atoms with Crippen LogP contribution in [0.25, 0.3) is 0 Å². The highest BCUT2D eigenvalue weighted by Crippen LogP contribution is 2.29. The SMILES string of the molecule is CCCC(C)(CO)NCc1cccc(OC)c1O. The van der Waals surface area contributed by atoms with Crippen LogP contribution in [0.2, 0.25) is 0 Å². The number of ether oxygens (including phenoxy) is 1. The van der Waals surface area contributed by atoms with Crippen LogP contribution in [0, 0.1) is 0 Å². The molecule has 4 heteroatoms. The molecule has 0 saturated carbocycles. The van der Waals surface area contributed by atoms with Crippen LogP contribution in [0.15, 0.2) is 18.2 Å². The first-order valence-corrected chi connectivity index (χ1v) is 6.27. The fraction of sp³-hybridized carbons (Fsp3) is 0.571. The number of hydrogen-bond donors (Lipinski definition) is 3. The van der Waals surface area contributed by atoms with E-state index in [-0.39, 0.29) is 17.9 Å². The lowest BCUT2D eigenvalue weighted by Crippen LogP contribution is -2.45. The van der Waals surface area contributed by atoms with Crippen molar-refractivity contribution >= 4 is 0 Å². The number of para-hydroxylation sites is 1. The van der Waals surface area contributed by atoms with Crippen molar-refractivity contribution in [2.75, 3.05) is 13.7 Å². The highest BCUT2D eigenvalue weighted by atomic mass is 16.5. The predicted octanol–water partition coefficient (Wildman–Crippen LogP) is 2.04. The molecular formula is C14H23NO3. The predicted molar refractivity (Wildman–Crippen MR) is 71.9 cm³/mol. The monoisotopic (exact) mass is 253 g/mol. The Balaban J connectivity index is 2.73. The molecule has 4 nitrogen and oxygen atoms in total. The third-order valence-electron chi connectivity index (χ3n) is 3.16. The van der Waals surface area contributed by atoms with Crippen LogP contribution in [-0.2, 0) is 6.54 Å². The molecule has 0 fully saturated rings. The van der Waals surface area contributed by atoms with E-state index in [1.54, 1.807) is 6.07 Å². The van der Waals surface area contributed by atoms with Gasteiger partial charge in [0.25, 0.3) is 0 Å². The summed E-state index contributed by atoms with van der Waals surface area (Å²) in [6, 6.07) is 5.40. The molecule has 18 heavy (non-hydrogen) atoms. The fourth-order valence-electron chi connectivity index (χ4n) is 1.96. The van der Waals surface area contributed by atoms with Gasteiger partial charge in [-0.2, -0.15) is 0 Å². The van der Waals surface area contributed by atoms with E-state index >= 15 is 0 Å². The van der Waals surface area contributed by atoms with Crippen molar-refractivity contribution in [1.29, 1.82) is 0 Å². The molecule has 1 aromatic carbocycles. The smallest absolute Gasteiger partial charge is 0.162 e. The largest absolute Gasteiger partial charge is 0.504 e. The maximum absolute atomic E-state index is 9.96. The highest BCUT2D eigenvalue weighted by molar-refractivity contribution is 5.45. The number of aliphatic hydroxyl groups excluding tert-OH is 1. The normalized spacial score (nSPS) is 14.2. The summed E-state index contributed by atoms with van der Waals surface area (Å²) >= 11 is 0. The van der Waals surface area contributed by atoms with Gasteiger partial charge >= 0.3 is 0 Å². The molecule has 0 aliphatic heterocycles. The summed E-state index contributed by atoms with van der Waals surface area (Å²) in [5.74, 6) is 0.625. The molecule has 1 rings (SSSR count). The van der Waals surface area contributed by atoms with E-state index in [0.29, 0.717) is 12.3 Å². The van der Waals surface area contributed by atoms with E-state index in [0.717, 1.165) is 18.4 Å². The second-order valence-corrected chi connectivity index (χ2v) is 4.79. The van der Waals surface area contributed by atoms with Gasteiger partial charge in [0.2, 0.25) is 0 Å². The van der Waals surface area contributed by atoms with Gasteiger partial charge in [-0.1, -0.05) is 25.5 Å². The summed E-state index contributed by atoms with van der Waals surface area (Å²) in [6.07, 6.45) is 1.88. The number of benzene rings is 1. The molecule has 0 amide bonds. The Morgan fingerprint density at radius 3 is 2.67 bits per heavy atom. The Labute approximate surface area is 109 Å². The number of nitrogens with one attached hydrogen (secondary N) is 1. The molecule has 0 spiro atoms. The Morgan fingerprint density at radius 1 is 1.39 bits per heavy atom.